The molecule has 0 aromatic heterocycles. The number of piperidine rings is 1. The molecule has 1 saturated heterocycles. The first-order chi connectivity index (χ1) is 7.08. The Morgan fingerprint density at radius 2 is 1.87 bits per heavy atom. The lowest BCUT2D eigenvalue weighted by atomic mass is 9.96. The van der Waals surface area contributed by atoms with Crippen molar-refractivity contribution in [2.45, 2.75) is 26.7 Å². The van der Waals surface area contributed by atoms with E-state index in [1.54, 1.807) is 13.8 Å². The third-order valence-electron chi connectivity index (χ3n) is 2.79. The third kappa shape index (κ3) is 4.93. The molecule has 1 N–H and O–H groups in total. The van der Waals surface area contributed by atoms with Crippen molar-refractivity contribution in [3.8, 4) is 0 Å². The Hall–Kier alpha value is -0.900. The molecule has 0 saturated carbocycles. The lowest BCUT2D eigenvalue weighted by Crippen LogP contribution is -2.40. The topological polar surface area (TPSA) is 49.4 Å². The number of hydrogen-bond donors (Lipinski definition) is 1. The predicted molar refractivity (Wildman–Crippen MR) is 58.5 cm³/mol. The van der Waals surface area contributed by atoms with E-state index in [1.807, 2.05) is 0 Å². The van der Waals surface area contributed by atoms with Gasteiger partial charge >= 0.3 is 0 Å². The van der Waals surface area contributed by atoms with Gasteiger partial charge in [0.25, 0.3) is 0 Å². The van der Waals surface area contributed by atoms with E-state index in [0.717, 1.165) is 32.5 Å². The molecule has 1 fully saturated rings. The van der Waals surface area contributed by atoms with Crippen LogP contribution in [0.2, 0.25) is 0 Å². The number of nitrogens with zero attached hydrogens (tertiary/aromatic N) is 1. The van der Waals surface area contributed by atoms with Crippen molar-refractivity contribution >= 4 is 11.7 Å². The zero-order valence-corrected chi connectivity index (χ0v) is 9.58. The fourth-order valence-corrected chi connectivity index (χ4v) is 1.95. The number of hydrogen-bond acceptors (Lipinski definition) is 3. The number of likely N-dealkylation sites (tertiary alicyclic amines) is 1. The number of carbonyl (C=O) groups excluding carboxylic acids is 2. The maximum absolute atomic E-state index is 10.9. The minimum absolute atomic E-state index is 0.0427. The summed E-state index contributed by atoms with van der Waals surface area (Å²) in [5, 5.41) is 2.85. The minimum atomic E-state index is 0.0427. The highest BCUT2D eigenvalue weighted by atomic mass is 16.1. The van der Waals surface area contributed by atoms with Crippen LogP contribution in [0.25, 0.3) is 0 Å². The Bertz CT molecular complexity index is 233. The van der Waals surface area contributed by atoms with Gasteiger partial charge in [-0.3, -0.25) is 14.5 Å². The zero-order chi connectivity index (χ0) is 11.3. The molecule has 1 amide bonds. The molecule has 1 aliphatic heterocycles. The number of Topliss-reactive ketones (excluding diaryl/α,β-unsaturated/α-hetero) is 1. The second-order valence-corrected chi connectivity index (χ2v) is 4.36. The highest BCUT2D eigenvalue weighted by molar-refractivity contribution is 5.77. The quantitative estimate of drug-likeness (QED) is 0.735. The third-order valence-corrected chi connectivity index (χ3v) is 2.79. The predicted octanol–water partition coefficient (Wildman–Crippen LogP) is 0.423. The Morgan fingerprint density at radius 3 is 2.33 bits per heavy atom. The summed E-state index contributed by atoms with van der Waals surface area (Å²) in [6, 6.07) is 0. The lowest BCUT2D eigenvalue weighted by molar-refractivity contribution is -0.119. The maximum atomic E-state index is 10.9. The largest absolute Gasteiger partial charge is 0.356 e. The van der Waals surface area contributed by atoms with Crippen molar-refractivity contribution in [1.29, 1.82) is 0 Å². The number of nitrogens with one attached hydrogen (secondary N) is 1. The fraction of sp³-hybridized carbons (Fsp3) is 0.818. The molecule has 86 valence electrons. The molecule has 1 aliphatic rings. The number of rotatable bonds is 4. The molecule has 1 heterocycles. The molecule has 0 atom stereocenters. The van der Waals surface area contributed by atoms with Crippen LogP contribution >= 0.6 is 0 Å². The summed E-state index contributed by atoms with van der Waals surface area (Å²) >= 11 is 0. The van der Waals surface area contributed by atoms with Crippen LogP contribution in [0, 0.1) is 5.92 Å². The van der Waals surface area contributed by atoms with Crippen LogP contribution in [-0.4, -0.2) is 42.8 Å². The van der Waals surface area contributed by atoms with Gasteiger partial charge in [0.2, 0.25) is 5.91 Å². The van der Waals surface area contributed by atoms with Gasteiger partial charge in [0.15, 0.2) is 0 Å². The van der Waals surface area contributed by atoms with Crippen LogP contribution in [0.5, 0.6) is 0 Å². The molecule has 0 aromatic rings. The number of amides is 1. The van der Waals surface area contributed by atoms with Gasteiger partial charge in [0.05, 0.1) is 6.54 Å². The summed E-state index contributed by atoms with van der Waals surface area (Å²) in [6.45, 7) is 6.48. The first-order valence-corrected chi connectivity index (χ1v) is 5.54. The van der Waals surface area contributed by atoms with Crippen LogP contribution in [0.15, 0.2) is 0 Å². The van der Waals surface area contributed by atoms with E-state index < -0.39 is 0 Å². The smallest absolute Gasteiger partial charge is 0.216 e. The van der Waals surface area contributed by atoms with Crippen molar-refractivity contribution in [1.82, 2.24) is 10.2 Å². The van der Waals surface area contributed by atoms with Gasteiger partial charge < -0.3 is 5.32 Å². The van der Waals surface area contributed by atoms with Crippen molar-refractivity contribution in [2.24, 2.45) is 5.92 Å². The molecule has 4 heteroatoms. The molecule has 15 heavy (non-hydrogen) atoms. The summed E-state index contributed by atoms with van der Waals surface area (Å²) in [4.78, 5) is 23.8. The van der Waals surface area contributed by atoms with Crippen molar-refractivity contribution in [3.05, 3.63) is 0 Å². The maximum Gasteiger partial charge on any atom is 0.216 e. The highest BCUT2D eigenvalue weighted by Gasteiger charge is 2.19. The van der Waals surface area contributed by atoms with Crippen LogP contribution < -0.4 is 5.32 Å². The van der Waals surface area contributed by atoms with Gasteiger partial charge in [-0.25, -0.2) is 0 Å². The van der Waals surface area contributed by atoms with Gasteiger partial charge in [0, 0.05) is 13.5 Å². The summed E-state index contributed by atoms with van der Waals surface area (Å²) in [5.74, 6) is 0.855. The standard InChI is InChI=1S/C11H20N2O2/c1-9(14)8-13-5-3-11(4-6-13)7-12-10(2)15/h11H,3-8H2,1-2H3,(H,12,15). The van der Waals surface area contributed by atoms with Gasteiger partial charge in [-0.15, -0.1) is 0 Å². The van der Waals surface area contributed by atoms with Crippen LogP contribution in [0.3, 0.4) is 0 Å². The van der Waals surface area contributed by atoms with E-state index in [0.29, 0.717) is 12.5 Å². The fourth-order valence-electron chi connectivity index (χ4n) is 1.95. The Balaban J connectivity index is 2.18. The van der Waals surface area contributed by atoms with E-state index in [9.17, 15) is 9.59 Å². The molecule has 0 bridgehead atoms. The molecule has 1 rings (SSSR count). The molecular weight excluding hydrogens is 192 g/mol. The van der Waals surface area contributed by atoms with Gasteiger partial charge in [-0.2, -0.15) is 0 Å². The Labute approximate surface area is 91.0 Å². The van der Waals surface area contributed by atoms with Crippen molar-refractivity contribution in [3.63, 3.8) is 0 Å². The van der Waals surface area contributed by atoms with Gasteiger partial charge in [0.1, 0.15) is 5.78 Å². The molecule has 0 unspecified atom stereocenters. The SMILES string of the molecule is CC(=O)CN1CCC(CNC(C)=O)CC1. The first kappa shape index (κ1) is 12.2. The highest BCUT2D eigenvalue weighted by Crippen LogP contribution is 2.15. The summed E-state index contributed by atoms with van der Waals surface area (Å²) < 4.78 is 0. The molecule has 0 aliphatic carbocycles. The average Bonchev–Trinajstić information content (AvgIpc) is 2.16. The van der Waals surface area contributed by atoms with Crippen molar-refractivity contribution in [2.75, 3.05) is 26.2 Å². The van der Waals surface area contributed by atoms with E-state index >= 15 is 0 Å². The zero-order valence-electron chi connectivity index (χ0n) is 9.58. The van der Waals surface area contributed by atoms with Crippen LogP contribution in [-0.2, 0) is 9.59 Å². The number of ketones is 1. The Kier molecular flexibility index (Phi) is 4.75. The summed E-state index contributed by atoms with van der Waals surface area (Å²) in [5.41, 5.74) is 0. The van der Waals surface area contributed by atoms with E-state index in [-0.39, 0.29) is 11.7 Å². The van der Waals surface area contributed by atoms with E-state index in [4.69, 9.17) is 0 Å². The Morgan fingerprint density at radius 1 is 1.27 bits per heavy atom. The molecule has 0 radical (unpaired) electrons. The monoisotopic (exact) mass is 212 g/mol. The van der Waals surface area contributed by atoms with E-state index in [1.165, 1.54) is 0 Å². The normalized spacial score (nSPS) is 18.8. The second kappa shape index (κ2) is 5.85. The summed E-state index contributed by atoms with van der Waals surface area (Å²) in [7, 11) is 0. The van der Waals surface area contributed by atoms with Gasteiger partial charge in [-0.1, -0.05) is 0 Å². The van der Waals surface area contributed by atoms with Crippen molar-refractivity contribution < 1.29 is 9.59 Å². The molecule has 0 spiro atoms. The van der Waals surface area contributed by atoms with Gasteiger partial charge in [-0.05, 0) is 38.8 Å². The minimum Gasteiger partial charge on any atom is -0.356 e. The van der Waals surface area contributed by atoms with E-state index in [2.05, 4.69) is 10.2 Å². The lowest BCUT2D eigenvalue weighted by Gasteiger charge is -2.31. The van der Waals surface area contributed by atoms with Crippen LogP contribution in [0.1, 0.15) is 26.7 Å². The first-order valence-electron chi connectivity index (χ1n) is 5.54. The molecule has 0 aromatic carbocycles. The molecule has 4 nitrogen and oxygen atoms in total. The summed E-state index contributed by atoms with van der Waals surface area (Å²) in [6.07, 6.45) is 2.15. The molecular formula is C11H20N2O2. The second-order valence-electron chi connectivity index (χ2n) is 4.36. The number of carbonyl (C=O) groups is 2. The van der Waals surface area contributed by atoms with Crippen LogP contribution in [0.4, 0.5) is 0 Å². The average molecular weight is 212 g/mol.